The van der Waals surface area contributed by atoms with Crippen LogP contribution in [0, 0.1) is 19.8 Å². The van der Waals surface area contributed by atoms with Gasteiger partial charge in [-0.25, -0.2) is 4.79 Å². The molecule has 1 unspecified atom stereocenters. The van der Waals surface area contributed by atoms with Gasteiger partial charge in [0.15, 0.2) is 5.78 Å². The van der Waals surface area contributed by atoms with E-state index in [-0.39, 0.29) is 23.3 Å². The van der Waals surface area contributed by atoms with E-state index in [4.69, 9.17) is 4.74 Å². The first-order valence-corrected chi connectivity index (χ1v) is 9.86. The zero-order valence-electron chi connectivity index (χ0n) is 17.3. The number of aryl methyl sites for hydroxylation is 1. The van der Waals surface area contributed by atoms with E-state index in [1.807, 2.05) is 12.1 Å². The zero-order chi connectivity index (χ0) is 21.1. The second-order valence-corrected chi connectivity index (χ2v) is 7.61. The van der Waals surface area contributed by atoms with E-state index >= 15 is 0 Å². The van der Waals surface area contributed by atoms with Crippen LogP contribution in [0.3, 0.4) is 0 Å². The molecule has 0 radical (unpaired) electrons. The van der Waals surface area contributed by atoms with Gasteiger partial charge in [-0.1, -0.05) is 6.42 Å². The minimum Gasteiger partial charge on any atom is -0.464 e. The van der Waals surface area contributed by atoms with E-state index in [9.17, 15) is 14.4 Å². The normalized spacial score (nSPS) is 14.8. The maximum atomic E-state index is 13.4. The van der Waals surface area contributed by atoms with Crippen LogP contribution in [0.5, 0.6) is 0 Å². The number of pyridine rings is 1. The third kappa shape index (κ3) is 4.09. The molecule has 0 spiro atoms. The molecule has 1 atom stereocenters. The van der Waals surface area contributed by atoms with Gasteiger partial charge >= 0.3 is 5.97 Å². The number of nitrogens with zero attached hydrogens (tertiary/aromatic N) is 2. The van der Waals surface area contributed by atoms with Crippen molar-refractivity contribution in [1.29, 1.82) is 0 Å². The molecule has 2 aromatic rings. The van der Waals surface area contributed by atoms with Crippen molar-refractivity contribution in [2.24, 2.45) is 5.92 Å². The van der Waals surface area contributed by atoms with Gasteiger partial charge in [-0.3, -0.25) is 14.6 Å². The number of hydrogen-bond acceptors (Lipinski definition) is 5. The maximum Gasteiger partial charge on any atom is 0.354 e. The number of rotatable bonds is 7. The predicted molar refractivity (Wildman–Crippen MR) is 108 cm³/mol. The molecule has 0 saturated heterocycles. The summed E-state index contributed by atoms with van der Waals surface area (Å²) in [5, 5.41) is 0. The molecule has 1 aliphatic rings. The summed E-state index contributed by atoms with van der Waals surface area (Å²) in [6.07, 6.45) is 6.12. The number of ketones is 1. The largest absolute Gasteiger partial charge is 0.464 e. The molecule has 2 heterocycles. The lowest BCUT2D eigenvalue weighted by Gasteiger charge is -2.35. The summed E-state index contributed by atoms with van der Waals surface area (Å²) in [6.45, 7) is 5.57. The summed E-state index contributed by atoms with van der Waals surface area (Å²) in [5.74, 6) is -0.719. The molecule has 1 saturated carbocycles. The molecule has 3 rings (SSSR count). The molecule has 2 aromatic heterocycles. The third-order valence-corrected chi connectivity index (χ3v) is 5.76. The molecule has 0 aromatic carbocycles. The lowest BCUT2D eigenvalue weighted by Crippen LogP contribution is -2.47. The Hall–Kier alpha value is -2.96. The van der Waals surface area contributed by atoms with Crippen LogP contribution < -0.4 is 0 Å². The van der Waals surface area contributed by atoms with Gasteiger partial charge in [0.25, 0.3) is 0 Å². The number of amides is 1. The quantitative estimate of drug-likeness (QED) is 0.572. The van der Waals surface area contributed by atoms with Crippen molar-refractivity contribution in [1.82, 2.24) is 14.9 Å². The van der Waals surface area contributed by atoms with E-state index in [1.165, 1.54) is 7.11 Å². The number of aromatic nitrogens is 2. The number of methoxy groups -OCH3 is 1. The Labute approximate surface area is 170 Å². The van der Waals surface area contributed by atoms with Gasteiger partial charge in [0.05, 0.1) is 13.2 Å². The van der Waals surface area contributed by atoms with Crippen molar-refractivity contribution in [3.05, 3.63) is 52.6 Å². The molecule has 1 amide bonds. The average molecular weight is 397 g/mol. The minimum atomic E-state index is -0.657. The Morgan fingerprint density at radius 2 is 1.90 bits per heavy atom. The first-order chi connectivity index (χ1) is 13.8. The Morgan fingerprint density at radius 3 is 2.45 bits per heavy atom. The number of esters is 1. The smallest absolute Gasteiger partial charge is 0.354 e. The second-order valence-electron chi connectivity index (χ2n) is 7.61. The molecule has 7 heteroatoms. The van der Waals surface area contributed by atoms with E-state index in [0.29, 0.717) is 23.4 Å². The van der Waals surface area contributed by atoms with Gasteiger partial charge in [-0.05, 0) is 56.9 Å². The average Bonchev–Trinajstić information content (AvgIpc) is 2.97. The summed E-state index contributed by atoms with van der Waals surface area (Å²) in [4.78, 5) is 47.1. The van der Waals surface area contributed by atoms with E-state index in [2.05, 4.69) is 9.97 Å². The van der Waals surface area contributed by atoms with E-state index in [1.54, 1.807) is 38.1 Å². The highest BCUT2D eigenvalue weighted by atomic mass is 16.5. The van der Waals surface area contributed by atoms with Gasteiger partial charge in [0.1, 0.15) is 5.69 Å². The maximum absolute atomic E-state index is 13.4. The summed E-state index contributed by atoms with van der Waals surface area (Å²) in [6, 6.07) is 3.04. The first kappa shape index (κ1) is 20.8. The van der Waals surface area contributed by atoms with E-state index < -0.39 is 12.0 Å². The van der Waals surface area contributed by atoms with Crippen molar-refractivity contribution in [2.45, 2.75) is 52.6 Å². The predicted octanol–water partition coefficient (Wildman–Crippen LogP) is 3.21. The van der Waals surface area contributed by atoms with Gasteiger partial charge in [0.2, 0.25) is 5.91 Å². The fraction of sp³-hybridized carbons (Fsp3) is 0.455. The molecule has 1 N–H and O–H groups in total. The fourth-order valence-corrected chi connectivity index (χ4v) is 3.76. The number of carbonyl (C=O) groups excluding carboxylic acids is 3. The number of Topliss-reactive ketones (excluding diaryl/α,β-unsaturated/α-hetero) is 1. The summed E-state index contributed by atoms with van der Waals surface area (Å²) < 4.78 is 4.79. The van der Waals surface area contributed by atoms with Gasteiger partial charge < -0.3 is 14.6 Å². The van der Waals surface area contributed by atoms with Gasteiger partial charge in [-0.2, -0.15) is 0 Å². The highest BCUT2D eigenvalue weighted by molar-refractivity contribution is 6.06. The molecule has 0 bridgehead atoms. The number of aromatic amines is 1. The van der Waals surface area contributed by atoms with Crippen LogP contribution in [0.15, 0.2) is 24.5 Å². The Balaban J connectivity index is 1.91. The van der Waals surface area contributed by atoms with Crippen molar-refractivity contribution in [3.8, 4) is 0 Å². The van der Waals surface area contributed by atoms with Crippen molar-refractivity contribution in [2.75, 3.05) is 7.11 Å². The van der Waals surface area contributed by atoms with Crippen LogP contribution in [0.2, 0.25) is 0 Å². The minimum absolute atomic E-state index is 0.00736. The van der Waals surface area contributed by atoms with Crippen LogP contribution >= 0.6 is 0 Å². The number of H-pyrrole nitrogens is 1. The molecular weight excluding hydrogens is 370 g/mol. The molecule has 1 aliphatic carbocycles. The van der Waals surface area contributed by atoms with Crippen molar-refractivity contribution in [3.63, 3.8) is 0 Å². The third-order valence-electron chi connectivity index (χ3n) is 5.76. The monoisotopic (exact) mass is 397 g/mol. The molecule has 1 fully saturated rings. The Bertz CT molecular complexity index is 916. The molecule has 29 heavy (non-hydrogen) atoms. The first-order valence-electron chi connectivity index (χ1n) is 9.86. The molecule has 0 aliphatic heterocycles. The SMILES string of the molecule is COC(=O)c1[nH]c(C)c(C(=O)C(C)N(Cc2ccncc2)C(=O)C2CCC2)c1C. The van der Waals surface area contributed by atoms with Crippen LogP contribution in [0.1, 0.15) is 63.9 Å². The standard InChI is InChI=1S/C22H27N3O4/c1-13-18(14(2)24-19(13)22(28)29-4)20(26)15(3)25(21(27)17-6-5-7-17)12-16-8-10-23-11-9-16/h8-11,15,17,24H,5-7,12H2,1-4H3. The fourth-order valence-electron chi connectivity index (χ4n) is 3.76. The van der Waals surface area contributed by atoms with E-state index in [0.717, 1.165) is 24.8 Å². The highest BCUT2D eigenvalue weighted by Crippen LogP contribution is 2.30. The Morgan fingerprint density at radius 1 is 1.24 bits per heavy atom. The number of nitrogens with one attached hydrogen (secondary N) is 1. The van der Waals surface area contributed by atoms with Crippen LogP contribution in [-0.2, 0) is 16.1 Å². The summed E-state index contributed by atoms with van der Waals surface area (Å²) in [7, 11) is 1.30. The number of ether oxygens (including phenoxy) is 1. The van der Waals surface area contributed by atoms with Gasteiger partial charge in [-0.15, -0.1) is 0 Å². The lowest BCUT2D eigenvalue weighted by molar-refractivity contribution is -0.140. The van der Waals surface area contributed by atoms with Crippen molar-refractivity contribution < 1.29 is 19.1 Å². The lowest BCUT2D eigenvalue weighted by atomic mass is 9.83. The van der Waals surface area contributed by atoms with Crippen LogP contribution in [0.25, 0.3) is 0 Å². The summed E-state index contributed by atoms with van der Waals surface area (Å²) >= 11 is 0. The zero-order valence-corrected chi connectivity index (χ0v) is 17.3. The molecular formula is C22H27N3O4. The van der Waals surface area contributed by atoms with Crippen molar-refractivity contribution >= 4 is 17.7 Å². The highest BCUT2D eigenvalue weighted by Gasteiger charge is 2.36. The molecule has 154 valence electrons. The molecule has 7 nitrogen and oxygen atoms in total. The Kier molecular flexibility index (Phi) is 6.15. The topological polar surface area (TPSA) is 92.4 Å². The number of carbonyl (C=O) groups is 3. The summed E-state index contributed by atoms with van der Waals surface area (Å²) in [5.41, 5.74) is 2.78. The van der Waals surface area contributed by atoms with Crippen LogP contribution in [-0.4, -0.2) is 45.7 Å². The van der Waals surface area contributed by atoms with Crippen LogP contribution in [0.4, 0.5) is 0 Å². The van der Waals surface area contributed by atoms with Gasteiger partial charge in [0, 0.05) is 36.1 Å². The second kappa shape index (κ2) is 8.59. The number of hydrogen-bond donors (Lipinski definition) is 1.